The minimum absolute atomic E-state index is 0.115. The number of rotatable bonds is 2. The fraction of sp³-hybridized carbons (Fsp3) is 0.917. The number of hydrogen-bond acceptors (Lipinski definition) is 3. The molecule has 1 amide bonds. The van der Waals surface area contributed by atoms with Crippen LogP contribution >= 0.6 is 0 Å². The van der Waals surface area contributed by atoms with Gasteiger partial charge >= 0.3 is 0 Å². The molecule has 4 nitrogen and oxygen atoms in total. The Labute approximate surface area is 102 Å². The zero-order valence-electron chi connectivity index (χ0n) is 9.89. The summed E-state index contributed by atoms with van der Waals surface area (Å²) >= 11 is 0. The monoisotopic (exact) mass is 257 g/mol. The molecule has 96 valence electrons. The number of carbonyl (C=O) groups is 1. The highest BCUT2D eigenvalue weighted by molar-refractivity contribution is 7.91. The van der Waals surface area contributed by atoms with Crippen LogP contribution in [0.2, 0.25) is 0 Å². The molecule has 3 aliphatic rings. The fourth-order valence-corrected chi connectivity index (χ4v) is 5.26. The standard InChI is InChI=1S/C12H19NO3S/c14-12(11-9-3-1-2-4-10(9)11)13-8-5-6-17(15,16)7-8/h8-11H,1-7H2,(H,13,14)/t8-,9-,10+,11?/m1/s1. The Morgan fingerprint density at radius 3 is 2.24 bits per heavy atom. The Hall–Kier alpha value is -0.580. The second-order valence-electron chi connectivity index (χ2n) is 5.75. The van der Waals surface area contributed by atoms with Crippen molar-refractivity contribution in [3.8, 4) is 0 Å². The Bertz CT molecular complexity index is 419. The lowest BCUT2D eigenvalue weighted by Gasteiger charge is -2.10. The molecular weight excluding hydrogens is 238 g/mol. The van der Waals surface area contributed by atoms with Gasteiger partial charge in [0.1, 0.15) is 0 Å². The average Bonchev–Trinajstić information content (AvgIpc) is 2.91. The van der Waals surface area contributed by atoms with Crippen molar-refractivity contribution in [2.24, 2.45) is 17.8 Å². The molecule has 1 unspecified atom stereocenters. The van der Waals surface area contributed by atoms with Crippen LogP contribution in [-0.4, -0.2) is 31.9 Å². The van der Waals surface area contributed by atoms with Crippen molar-refractivity contribution in [1.82, 2.24) is 5.32 Å². The lowest BCUT2D eigenvalue weighted by atomic mass is 10.0. The van der Waals surface area contributed by atoms with Gasteiger partial charge in [0.2, 0.25) is 5.91 Å². The lowest BCUT2D eigenvalue weighted by molar-refractivity contribution is -0.123. The molecule has 0 spiro atoms. The summed E-state index contributed by atoms with van der Waals surface area (Å²) in [7, 11) is -2.89. The third-order valence-electron chi connectivity index (χ3n) is 4.54. The summed E-state index contributed by atoms with van der Waals surface area (Å²) in [5.74, 6) is 1.88. The zero-order chi connectivity index (χ0) is 12.0. The summed E-state index contributed by atoms with van der Waals surface area (Å²) in [5, 5.41) is 2.93. The third-order valence-corrected chi connectivity index (χ3v) is 6.31. The van der Waals surface area contributed by atoms with E-state index in [1.165, 1.54) is 25.7 Å². The first-order valence-electron chi connectivity index (χ1n) is 6.58. The maximum Gasteiger partial charge on any atom is 0.223 e. The third kappa shape index (κ3) is 2.21. The van der Waals surface area contributed by atoms with E-state index >= 15 is 0 Å². The molecule has 4 atom stereocenters. The number of hydrogen-bond donors (Lipinski definition) is 1. The van der Waals surface area contributed by atoms with Crippen LogP contribution in [0.25, 0.3) is 0 Å². The highest BCUT2D eigenvalue weighted by Gasteiger charge is 2.55. The quantitative estimate of drug-likeness (QED) is 0.793. The van der Waals surface area contributed by atoms with Gasteiger partial charge in [0.05, 0.1) is 11.5 Å². The van der Waals surface area contributed by atoms with Gasteiger partial charge in [0, 0.05) is 12.0 Å². The largest absolute Gasteiger partial charge is 0.352 e. The number of fused-ring (bicyclic) bond motifs is 1. The van der Waals surface area contributed by atoms with Gasteiger partial charge in [-0.05, 0) is 31.1 Å². The van der Waals surface area contributed by atoms with Crippen LogP contribution in [0.3, 0.4) is 0 Å². The molecule has 0 aromatic heterocycles. The minimum atomic E-state index is -2.89. The molecule has 1 aliphatic heterocycles. The molecule has 3 fully saturated rings. The van der Waals surface area contributed by atoms with Crippen LogP contribution in [-0.2, 0) is 14.6 Å². The van der Waals surface area contributed by atoms with Gasteiger partial charge in [0.15, 0.2) is 9.84 Å². The molecule has 2 saturated carbocycles. The molecule has 0 aromatic carbocycles. The zero-order valence-corrected chi connectivity index (χ0v) is 10.7. The SMILES string of the molecule is O=C(N[C@@H]1CCS(=O)(=O)C1)C1[C@H]2CCCC[C@@H]12. The first-order chi connectivity index (χ1) is 8.07. The van der Waals surface area contributed by atoms with Crippen LogP contribution in [0.5, 0.6) is 0 Å². The predicted octanol–water partition coefficient (Wildman–Crippen LogP) is 0.726. The molecule has 3 rings (SSSR count). The van der Waals surface area contributed by atoms with Crippen molar-refractivity contribution in [2.45, 2.75) is 38.1 Å². The van der Waals surface area contributed by atoms with E-state index < -0.39 is 9.84 Å². The van der Waals surface area contributed by atoms with Crippen LogP contribution in [0, 0.1) is 17.8 Å². The molecule has 5 heteroatoms. The van der Waals surface area contributed by atoms with Gasteiger partial charge in [0.25, 0.3) is 0 Å². The molecule has 17 heavy (non-hydrogen) atoms. The van der Waals surface area contributed by atoms with E-state index in [1.54, 1.807) is 0 Å². The average molecular weight is 257 g/mol. The van der Waals surface area contributed by atoms with Gasteiger partial charge in [-0.15, -0.1) is 0 Å². The van der Waals surface area contributed by atoms with Crippen molar-refractivity contribution in [2.75, 3.05) is 11.5 Å². The van der Waals surface area contributed by atoms with E-state index in [4.69, 9.17) is 0 Å². The summed E-state index contributed by atoms with van der Waals surface area (Å²) in [6, 6.07) is -0.129. The van der Waals surface area contributed by atoms with E-state index in [1.807, 2.05) is 0 Å². The molecule has 0 radical (unpaired) electrons. The summed E-state index contributed by atoms with van der Waals surface area (Å²) in [4.78, 5) is 12.0. The first kappa shape index (κ1) is 11.5. The van der Waals surface area contributed by atoms with E-state index in [2.05, 4.69) is 5.32 Å². The van der Waals surface area contributed by atoms with Gasteiger partial charge in [-0.3, -0.25) is 4.79 Å². The Balaban J connectivity index is 1.55. The lowest BCUT2D eigenvalue weighted by Crippen LogP contribution is -2.37. The minimum Gasteiger partial charge on any atom is -0.352 e. The molecule has 1 saturated heterocycles. The van der Waals surface area contributed by atoms with Gasteiger partial charge in [-0.25, -0.2) is 8.42 Å². The predicted molar refractivity (Wildman–Crippen MR) is 64.1 cm³/mol. The van der Waals surface area contributed by atoms with E-state index in [0.29, 0.717) is 18.3 Å². The van der Waals surface area contributed by atoms with Crippen molar-refractivity contribution in [3.63, 3.8) is 0 Å². The van der Waals surface area contributed by atoms with Gasteiger partial charge in [-0.2, -0.15) is 0 Å². The van der Waals surface area contributed by atoms with Crippen LogP contribution in [0.1, 0.15) is 32.1 Å². The Morgan fingerprint density at radius 2 is 1.71 bits per heavy atom. The second kappa shape index (κ2) is 3.97. The smallest absolute Gasteiger partial charge is 0.223 e. The van der Waals surface area contributed by atoms with Crippen LogP contribution in [0.15, 0.2) is 0 Å². The van der Waals surface area contributed by atoms with Crippen molar-refractivity contribution >= 4 is 15.7 Å². The summed E-state index contributed by atoms with van der Waals surface area (Å²) < 4.78 is 22.6. The Kier molecular flexibility index (Phi) is 2.69. The normalized spacial score (nSPS) is 42.8. The van der Waals surface area contributed by atoms with E-state index in [0.717, 1.165) is 0 Å². The molecule has 2 aliphatic carbocycles. The maximum atomic E-state index is 12.0. The molecular formula is C12H19NO3S. The number of amides is 1. The van der Waals surface area contributed by atoms with Crippen molar-refractivity contribution in [1.29, 1.82) is 0 Å². The fourth-order valence-electron chi connectivity index (χ4n) is 3.59. The molecule has 1 N–H and O–H groups in total. The number of carbonyl (C=O) groups excluding carboxylic acids is 1. The number of sulfone groups is 1. The second-order valence-corrected chi connectivity index (χ2v) is 7.98. The Morgan fingerprint density at radius 1 is 1.06 bits per heavy atom. The van der Waals surface area contributed by atoms with Crippen molar-refractivity contribution in [3.05, 3.63) is 0 Å². The van der Waals surface area contributed by atoms with E-state index in [9.17, 15) is 13.2 Å². The highest BCUT2D eigenvalue weighted by Crippen LogP contribution is 2.55. The summed E-state index contributed by atoms with van der Waals surface area (Å²) in [6.07, 6.45) is 5.47. The highest BCUT2D eigenvalue weighted by atomic mass is 32.2. The topological polar surface area (TPSA) is 63.2 Å². The maximum absolute atomic E-state index is 12.0. The summed E-state index contributed by atoms with van der Waals surface area (Å²) in [5.41, 5.74) is 0. The first-order valence-corrected chi connectivity index (χ1v) is 8.40. The number of nitrogens with one attached hydrogen (secondary N) is 1. The van der Waals surface area contributed by atoms with Gasteiger partial charge in [-0.1, -0.05) is 12.8 Å². The van der Waals surface area contributed by atoms with Gasteiger partial charge < -0.3 is 5.32 Å². The van der Waals surface area contributed by atoms with Crippen molar-refractivity contribution < 1.29 is 13.2 Å². The van der Waals surface area contributed by atoms with E-state index in [-0.39, 0.29) is 29.4 Å². The molecule has 0 aromatic rings. The summed E-state index contributed by atoms with van der Waals surface area (Å²) in [6.45, 7) is 0. The molecule has 0 bridgehead atoms. The van der Waals surface area contributed by atoms with Crippen LogP contribution < -0.4 is 5.32 Å². The molecule has 1 heterocycles. The van der Waals surface area contributed by atoms with Crippen LogP contribution in [0.4, 0.5) is 0 Å².